The van der Waals surface area contributed by atoms with E-state index in [0.29, 0.717) is 32.4 Å². The first kappa shape index (κ1) is 21.5. The van der Waals surface area contributed by atoms with Gasteiger partial charge in [0.25, 0.3) is 5.91 Å². The number of hydrogen-bond donors (Lipinski definition) is 1. The van der Waals surface area contributed by atoms with Gasteiger partial charge >= 0.3 is 0 Å². The lowest BCUT2D eigenvalue weighted by atomic mass is 10.1. The van der Waals surface area contributed by atoms with Gasteiger partial charge < -0.3 is 10.1 Å². The fraction of sp³-hybridized carbons (Fsp3) is 0.0833. The van der Waals surface area contributed by atoms with Crippen LogP contribution in [-0.4, -0.2) is 11.1 Å². The van der Waals surface area contributed by atoms with Gasteiger partial charge in [0.1, 0.15) is 12.4 Å². The number of hydrogen-bond acceptors (Lipinski definition) is 4. The van der Waals surface area contributed by atoms with Gasteiger partial charge in [-0.05, 0) is 66.2 Å². The van der Waals surface area contributed by atoms with Crippen molar-refractivity contribution in [3.8, 4) is 5.75 Å². The number of carbonyl (C=O) groups excluding carboxylic acids is 1. The molecule has 1 fully saturated rings. The van der Waals surface area contributed by atoms with Crippen molar-refractivity contribution in [2.45, 2.75) is 13.5 Å². The monoisotopic (exact) mass is 468 g/mol. The molecule has 1 aliphatic rings. The van der Waals surface area contributed by atoms with Crippen molar-refractivity contribution in [3.63, 3.8) is 0 Å². The summed E-state index contributed by atoms with van der Waals surface area (Å²) in [7, 11) is 0. The second-order valence-corrected chi connectivity index (χ2v) is 8.80. The van der Waals surface area contributed by atoms with Crippen molar-refractivity contribution < 1.29 is 9.53 Å². The number of ether oxygens (including phenoxy) is 1. The predicted molar refractivity (Wildman–Crippen MR) is 129 cm³/mol. The Hall–Kier alpha value is -2.73. The zero-order valence-corrected chi connectivity index (χ0v) is 18.9. The quantitative estimate of drug-likeness (QED) is 0.420. The van der Waals surface area contributed by atoms with Gasteiger partial charge in [0.2, 0.25) is 0 Å². The Kier molecular flexibility index (Phi) is 6.66. The van der Waals surface area contributed by atoms with Crippen LogP contribution in [0.4, 0.5) is 5.69 Å². The molecule has 1 N–H and O–H groups in total. The number of carbonyl (C=O) groups is 1. The van der Waals surface area contributed by atoms with Crippen LogP contribution in [0.1, 0.15) is 16.7 Å². The standard InChI is InChI=1S/C24H18Cl2N2O2S/c1-15-2-4-17(5-3-15)14-30-19-9-6-16(7-10-19)12-22-23(29)28-24(31-22)27-21-11-8-18(25)13-20(21)26/h2-13H,14H2,1H3,(H,27,28,29)/b22-12-. The minimum absolute atomic E-state index is 0.200. The van der Waals surface area contributed by atoms with E-state index in [1.165, 1.54) is 17.3 Å². The minimum atomic E-state index is -0.200. The number of thioether (sulfide) groups is 1. The molecule has 1 heterocycles. The van der Waals surface area contributed by atoms with Gasteiger partial charge in [-0.3, -0.25) is 4.79 Å². The zero-order valence-electron chi connectivity index (χ0n) is 16.6. The molecule has 1 aliphatic heterocycles. The average Bonchev–Trinajstić information content (AvgIpc) is 3.09. The van der Waals surface area contributed by atoms with E-state index in [1.807, 2.05) is 30.3 Å². The molecule has 0 aliphatic carbocycles. The predicted octanol–water partition coefficient (Wildman–Crippen LogP) is 6.77. The molecule has 7 heteroatoms. The second-order valence-electron chi connectivity index (χ2n) is 6.92. The Morgan fingerprint density at radius 3 is 2.48 bits per heavy atom. The first-order chi connectivity index (χ1) is 15.0. The number of aryl methyl sites for hydroxylation is 1. The number of amides is 1. The molecule has 0 spiro atoms. The molecule has 0 saturated carbocycles. The Bertz CT molecular complexity index is 1170. The lowest BCUT2D eigenvalue weighted by molar-refractivity contribution is -0.115. The number of rotatable bonds is 5. The van der Waals surface area contributed by atoms with Crippen LogP contribution in [-0.2, 0) is 11.4 Å². The number of nitrogens with zero attached hydrogens (tertiary/aromatic N) is 1. The third-order valence-electron chi connectivity index (χ3n) is 4.49. The highest BCUT2D eigenvalue weighted by Crippen LogP contribution is 2.32. The molecule has 1 amide bonds. The maximum absolute atomic E-state index is 12.3. The average molecular weight is 469 g/mol. The first-order valence-corrected chi connectivity index (χ1v) is 11.1. The van der Waals surface area contributed by atoms with E-state index in [9.17, 15) is 4.79 Å². The third kappa shape index (κ3) is 5.70. The Morgan fingerprint density at radius 1 is 1.03 bits per heavy atom. The van der Waals surface area contributed by atoms with Gasteiger partial charge in [-0.25, -0.2) is 4.99 Å². The fourth-order valence-corrected chi connectivity index (χ4v) is 4.11. The summed E-state index contributed by atoms with van der Waals surface area (Å²) in [4.78, 5) is 17.3. The number of nitrogens with one attached hydrogen (secondary N) is 1. The summed E-state index contributed by atoms with van der Waals surface area (Å²) < 4.78 is 5.83. The fourth-order valence-electron chi connectivity index (χ4n) is 2.82. The molecule has 0 radical (unpaired) electrons. The molecule has 3 aromatic carbocycles. The van der Waals surface area contributed by atoms with Crippen LogP contribution < -0.4 is 10.1 Å². The van der Waals surface area contributed by atoms with Crippen molar-refractivity contribution in [1.29, 1.82) is 0 Å². The maximum atomic E-state index is 12.3. The summed E-state index contributed by atoms with van der Waals surface area (Å²) in [5.41, 5.74) is 3.78. The van der Waals surface area contributed by atoms with Gasteiger partial charge in [0.05, 0.1) is 15.6 Å². The largest absolute Gasteiger partial charge is 0.489 e. The molecular formula is C24H18Cl2N2O2S. The Labute approximate surface area is 194 Å². The summed E-state index contributed by atoms with van der Waals surface area (Å²) in [6.45, 7) is 2.56. The lowest BCUT2D eigenvalue weighted by Gasteiger charge is -2.07. The van der Waals surface area contributed by atoms with E-state index in [4.69, 9.17) is 27.9 Å². The molecule has 0 unspecified atom stereocenters. The Balaban J connectivity index is 1.41. The van der Waals surface area contributed by atoms with Crippen molar-refractivity contribution in [1.82, 2.24) is 5.32 Å². The van der Waals surface area contributed by atoms with Crippen LogP contribution in [0.25, 0.3) is 6.08 Å². The van der Waals surface area contributed by atoms with E-state index >= 15 is 0 Å². The van der Waals surface area contributed by atoms with Crippen LogP contribution in [0.15, 0.2) is 76.6 Å². The molecule has 31 heavy (non-hydrogen) atoms. The van der Waals surface area contributed by atoms with Crippen LogP contribution in [0.5, 0.6) is 5.75 Å². The van der Waals surface area contributed by atoms with Gasteiger partial charge in [0.15, 0.2) is 5.17 Å². The number of amidine groups is 1. The molecule has 0 bridgehead atoms. The smallest absolute Gasteiger partial charge is 0.264 e. The van der Waals surface area contributed by atoms with E-state index in [2.05, 4.69) is 41.5 Å². The van der Waals surface area contributed by atoms with Crippen LogP contribution in [0.2, 0.25) is 10.0 Å². The lowest BCUT2D eigenvalue weighted by Crippen LogP contribution is -2.19. The highest BCUT2D eigenvalue weighted by molar-refractivity contribution is 8.18. The molecule has 156 valence electrons. The van der Waals surface area contributed by atoms with E-state index < -0.39 is 0 Å². The van der Waals surface area contributed by atoms with Crippen molar-refractivity contribution in [2.24, 2.45) is 4.99 Å². The second kappa shape index (κ2) is 9.60. The third-order valence-corrected chi connectivity index (χ3v) is 5.93. The maximum Gasteiger partial charge on any atom is 0.264 e. The van der Waals surface area contributed by atoms with Gasteiger partial charge in [-0.2, -0.15) is 0 Å². The van der Waals surface area contributed by atoms with Crippen LogP contribution in [0.3, 0.4) is 0 Å². The van der Waals surface area contributed by atoms with Crippen LogP contribution >= 0.6 is 35.0 Å². The zero-order chi connectivity index (χ0) is 21.8. The van der Waals surface area contributed by atoms with E-state index in [0.717, 1.165) is 16.9 Å². The molecule has 1 saturated heterocycles. The summed E-state index contributed by atoms with van der Waals surface area (Å²) in [6.07, 6.45) is 1.82. The summed E-state index contributed by atoms with van der Waals surface area (Å²) in [5, 5.41) is 4.18. The van der Waals surface area contributed by atoms with Crippen LogP contribution in [0, 0.1) is 6.92 Å². The number of benzene rings is 3. The molecular weight excluding hydrogens is 451 g/mol. The Morgan fingerprint density at radius 2 is 1.77 bits per heavy atom. The van der Waals surface area contributed by atoms with E-state index in [1.54, 1.807) is 18.2 Å². The molecule has 4 nitrogen and oxygen atoms in total. The van der Waals surface area contributed by atoms with Gasteiger partial charge in [-0.15, -0.1) is 0 Å². The van der Waals surface area contributed by atoms with Gasteiger partial charge in [0, 0.05) is 5.02 Å². The molecule has 0 aromatic heterocycles. The SMILES string of the molecule is Cc1ccc(COc2ccc(/C=C3\SC(=Nc4ccc(Cl)cc4Cl)NC3=O)cc2)cc1. The van der Waals surface area contributed by atoms with E-state index in [-0.39, 0.29) is 5.91 Å². The normalized spacial score (nSPS) is 16.0. The van der Waals surface area contributed by atoms with Crippen molar-refractivity contribution >= 4 is 57.8 Å². The number of aliphatic imine (C=N–C) groups is 1. The van der Waals surface area contributed by atoms with Crippen molar-refractivity contribution in [2.75, 3.05) is 0 Å². The molecule has 4 rings (SSSR count). The summed E-state index contributed by atoms with van der Waals surface area (Å²) in [6, 6.07) is 20.9. The topological polar surface area (TPSA) is 50.7 Å². The summed E-state index contributed by atoms with van der Waals surface area (Å²) in [5.74, 6) is 0.569. The minimum Gasteiger partial charge on any atom is -0.489 e. The highest BCUT2D eigenvalue weighted by atomic mass is 35.5. The highest BCUT2D eigenvalue weighted by Gasteiger charge is 2.24. The van der Waals surface area contributed by atoms with Crippen molar-refractivity contribution in [3.05, 3.63) is 98.4 Å². The molecule has 3 aromatic rings. The molecule has 0 atom stereocenters. The number of halogens is 2. The first-order valence-electron chi connectivity index (χ1n) is 9.49. The summed E-state index contributed by atoms with van der Waals surface area (Å²) >= 11 is 13.3. The van der Waals surface area contributed by atoms with Gasteiger partial charge in [-0.1, -0.05) is 65.2 Å².